The molecule has 0 aliphatic rings. The Morgan fingerprint density at radius 2 is 1.41 bits per heavy atom. The number of nitrogens with one attached hydrogen (secondary N) is 1. The van der Waals surface area contributed by atoms with E-state index in [0.29, 0.717) is 25.7 Å². The van der Waals surface area contributed by atoms with Gasteiger partial charge < -0.3 is 29.1 Å². The van der Waals surface area contributed by atoms with Crippen LogP contribution in [0.3, 0.4) is 0 Å². The van der Waals surface area contributed by atoms with Crippen molar-refractivity contribution in [2.45, 2.75) is 71.3 Å². The number of amides is 1. The van der Waals surface area contributed by atoms with Crippen LogP contribution in [0.2, 0.25) is 0 Å². The van der Waals surface area contributed by atoms with E-state index >= 15 is 0 Å². The Hall–Kier alpha value is -1.60. The number of Topliss-reactive ketones (excluding diaryl/α,β-unsaturated/α-hetero) is 2. The summed E-state index contributed by atoms with van der Waals surface area (Å²) in [6.45, 7) is 4.37. The number of unbranched alkanes of at least 4 members (excludes halogenated alkanes) is 2. The van der Waals surface area contributed by atoms with Gasteiger partial charge in [0.2, 0.25) is 5.91 Å². The third kappa shape index (κ3) is 19.8. The maximum absolute atomic E-state index is 12.3. The first-order chi connectivity index (χ1) is 16.3. The number of esters is 2. The molecule has 0 aromatic rings. The van der Waals surface area contributed by atoms with Crippen molar-refractivity contribution in [3.8, 4) is 0 Å². The van der Waals surface area contributed by atoms with Crippen LogP contribution in [0.4, 0.5) is 0 Å². The molecule has 0 bridgehead atoms. The summed E-state index contributed by atoms with van der Waals surface area (Å²) in [6, 6.07) is -0.717. The number of ketones is 2. The molecule has 1 atom stereocenters. The molecule has 0 aromatic heterocycles. The second-order valence-corrected chi connectivity index (χ2v) is 8.32. The molecule has 0 radical (unpaired) electrons. The lowest BCUT2D eigenvalue weighted by molar-refractivity contribution is -0.150. The summed E-state index contributed by atoms with van der Waals surface area (Å²) in [7, 11) is 0. The third-order valence-corrected chi connectivity index (χ3v) is 5.29. The summed E-state index contributed by atoms with van der Waals surface area (Å²) in [4.78, 5) is 57.5. The summed E-state index contributed by atoms with van der Waals surface area (Å²) >= 11 is 1.93. The molecule has 10 nitrogen and oxygen atoms in total. The standard InChI is InChI=1S/C23H38INO9/c1-3-19(27)7-5-4-6-8-20(25-21(28)17-24)23(30)34-16-14-32-12-11-31-13-15-33-22(29)10-9-18(2)26/h20H,3-17H2,1-2H3,(H,25,28)/t20-/m0/s1. The van der Waals surface area contributed by atoms with Gasteiger partial charge in [0.05, 0.1) is 37.3 Å². The lowest BCUT2D eigenvalue weighted by Gasteiger charge is -2.17. The third-order valence-electron chi connectivity index (χ3n) is 4.60. The molecule has 196 valence electrons. The highest BCUT2D eigenvalue weighted by atomic mass is 127. The van der Waals surface area contributed by atoms with E-state index in [2.05, 4.69) is 5.32 Å². The molecular formula is C23H38INO9. The number of rotatable bonds is 22. The molecule has 11 heteroatoms. The zero-order valence-electron chi connectivity index (χ0n) is 20.2. The second-order valence-electron chi connectivity index (χ2n) is 7.56. The molecule has 34 heavy (non-hydrogen) atoms. The SMILES string of the molecule is CCC(=O)CCCCC[C@H](NC(=O)CI)C(=O)OCCOCCOCCOC(=O)CCC(C)=O. The van der Waals surface area contributed by atoms with Crippen LogP contribution in [0.1, 0.15) is 65.2 Å². The van der Waals surface area contributed by atoms with Crippen molar-refractivity contribution < 1.29 is 42.9 Å². The Balaban J connectivity index is 3.90. The van der Waals surface area contributed by atoms with Crippen LogP contribution < -0.4 is 5.32 Å². The van der Waals surface area contributed by atoms with Crippen LogP contribution in [-0.2, 0) is 42.9 Å². The van der Waals surface area contributed by atoms with Crippen molar-refractivity contribution in [3.05, 3.63) is 0 Å². The molecule has 0 spiro atoms. The largest absolute Gasteiger partial charge is 0.463 e. The fourth-order valence-electron chi connectivity index (χ4n) is 2.69. The minimum Gasteiger partial charge on any atom is -0.463 e. The molecule has 0 heterocycles. The first-order valence-electron chi connectivity index (χ1n) is 11.6. The molecule has 1 N–H and O–H groups in total. The molecule has 0 fully saturated rings. The summed E-state index contributed by atoms with van der Waals surface area (Å²) in [5.74, 6) is -1.01. The number of alkyl halides is 1. The monoisotopic (exact) mass is 599 g/mol. The van der Waals surface area contributed by atoms with E-state index in [1.165, 1.54) is 6.92 Å². The molecule has 0 unspecified atom stereocenters. The average Bonchev–Trinajstić information content (AvgIpc) is 2.82. The van der Waals surface area contributed by atoms with Gasteiger partial charge in [0, 0.05) is 19.3 Å². The van der Waals surface area contributed by atoms with E-state index in [9.17, 15) is 24.0 Å². The van der Waals surface area contributed by atoms with E-state index in [0.717, 1.165) is 12.8 Å². The number of carbonyl (C=O) groups excluding carboxylic acids is 5. The lowest BCUT2D eigenvalue weighted by atomic mass is 10.1. The maximum Gasteiger partial charge on any atom is 0.328 e. The van der Waals surface area contributed by atoms with Crippen LogP contribution in [0, 0.1) is 0 Å². The zero-order valence-corrected chi connectivity index (χ0v) is 22.4. The van der Waals surface area contributed by atoms with Crippen molar-refractivity contribution in [2.75, 3.05) is 44.1 Å². The minimum absolute atomic E-state index is 0.0498. The van der Waals surface area contributed by atoms with Gasteiger partial charge in [-0.2, -0.15) is 0 Å². The smallest absolute Gasteiger partial charge is 0.328 e. The van der Waals surface area contributed by atoms with Gasteiger partial charge in [-0.3, -0.25) is 14.4 Å². The molecule has 0 saturated carbocycles. The molecule has 1 amide bonds. The fourth-order valence-corrected chi connectivity index (χ4v) is 2.91. The van der Waals surface area contributed by atoms with E-state index in [1.807, 2.05) is 29.5 Å². The van der Waals surface area contributed by atoms with Crippen molar-refractivity contribution in [1.29, 1.82) is 0 Å². The van der Waals surface area contributed by atoms with Crippen molar-refractivity contribution in [1.82, 2.24) is 5.32 Å². The molecule has 0 aliphatic heterocycles. The Kier molecular flexibility index (Phi) is 20.9. The summed E-state index contributed by atoms with van der Waals surface area (Å²) in [5, 5.41) is 2.68. The van der Waals surface area contributed by atoms with Gasteiger partial charge in [0.1, 0.15) is 30.8 Å². The molecular weight excluding hydrogens is 561 g/mol. The van der Waals surface area contributed by atoms with Crippen LogP contribution in [0.15, 0.2) is 0 Å². The topological polar surface area (TPSA) is 134 Å². The number of halogens is 1. The van der Waals surface area contributed by atoms with Crippen molar-refractivity contribution in [3.63, 3.8) is 0 Å². The fraction of sp³-hybridized carbons (Fsp3) is 0.783. The quantitative estimate of drug-likeness (QED) is 0.0862. The van der Waals surface area contributed by atoms with E-state index < -0.39 is 18.0 Å². The first kappa shape index (κ1) is 32.4. The van der Waals surface area contributed by atoms with Crippen LogP contribution in [-0.4, -0.2) is 79.5 Å². The van der Waals surface area contributed by atoms with Crippen LogP contribution in [0.5, 0.6) is 0 Å². The number of ether oxygens (including phenoxy) is 4. The van der Waals surface area contributed by atoms with E-state index in [1.54, 1.807) is 0 Å². The van der Waals surface area contributed by atoms with Crippen molar-refractivity contribution >= 4 is 52.0 Å². The Morgan fingerprint density at radius 3 is 2.00 bits per heavy atom. The second kappa shape index (κ2) is 21.9. The first-order valence-corrected chi connectivity index (χ1v) is 13.2. The minimum atomic E-state index is -0.717. The average molecular weight is 599 g/mol. The number of hydrogen-bond donors (Lipinski definition) is 1. The van der Waals surface area contributed by atoms with Crippen LogP contribution >= 0.6 is 22.6 Å². The van der Waals surface area contributed by atoms with Gasteiger partial charge in [-0.15, -0.1) is 0 Å². The van der Waals surface area contributed by atoms with E-state index in [4.69, 9.17) is 18.9 Å². The molecule has 0 aliphatic carbocycles. The Labute approximate surface area is 215 Å². The maximum atomic E-state index is 12.3. The Morgan fingerprint density at radius 1 is 0.794 bits per heavy atom. The van der Waals surface area contributed by atoms with Crippen LogP contribution in [0.25, 0.3) is 0 Å². The van der Waals surface area contributed by atoms with Gasteiger partial charge in [0.25, 0.3) is 0 Å². The highest BCUT2D eigenvalue weighted by Crippen LogP contribution is 2.09. The van der Waals surface area contributed by atoms with Gasteiger partial charge in [-0.05, 0) is 19.8 Å². The predicted octanol–water partition coefficient (Wildman–Crippen LogP) is 2.32. The number of hydrogen-bond acceptors (Lipinski definition) is 9. The van der Waals surface area contributed by atoms with Gasteiger partial charge in [-0.25, -0.2) is 4.79 Å². The molecule has 0 saturated heterocycles. The summed E-state index contributed by atoms with van der Waals surface area (Å²) < 4.78 is 21.0. The van der Waals surface area contributed by atoms with Gasteiger partial charge in [0.15, 0.2) is 0 Å². The zero-order chi connectivity index (χ0) is 25.6. The highest BCUT2D eigenvalue weighted by Gasteiger charge is 2.21. The molecule has 0 aromatic carbocycles. The number of carbonyl (C=O) groups is 5. The lowest BCUT2D eigenvalue weighted by Crippen LogP contribution is -2.42. The highest BCUT2D eigenvalue weighted by molar-refractivity contribution is 14.1. The van der Waals surface area contributed by atoms with Gasteiger partial charge in [-0.1, -0.05) is 42.4 Å². The van der Waals surface area contributed by atoms with Gasteiger partial charge >= 0.3 is 11.9 Å². The normalized spacial score (nSPS) is 11.5. The summed E-state index contributed by atoms with van der Waals surface area (Å²) in [5.41, 5.74) is 0. The Bertz CT molecular complexity index is 628. The van der Waals surface area contributed by atoms with Crippen molar-refractivity contribution in [2.24, 2.45) is 0 Å². The van der Waals surface area contributed by atoms with E-state index in [-0.39, 0.29) is 74.4 Å². The summed E-state index contributed by atoms with van der Waals surface area (Å²) in [6.07, 6.45) is 4.05. The molecule has 0 rings (SSSR count). The predicted molar refractivity (Wildman–Crippen MR) is 133 cm³/mol.